The van der Waals surface area contributed by atoms with Crippen molar-refractivity contribution in [3.8, 4) is 0 Å². The second-order valence-corrected chi connectivity index (χ2v) is 5.98. The number of carbonyl (C=O) groups excluding carboxylic acids is 1. The highest BCUT2D eigenvalue weighted by Crippen LogP contribution is 2.26. The summed E-state index contributed by atoms with van der Waals surface area (Å²) in [5.41, 5.74) is -0.653. The summed E-state index contributed by atoms with van der Waals surface area (Å²) < 4.78 is 0. The molecule has 1 atom stereocenters. The second-order valence-electron chi connectivity index (χ2n) is 5.98. The van der Waals surface area contributed by atoms with Crippen LogP contribution < -0.4 is 10.6 Å². The Labute approximate surface area is 110 Å². The monoisotopic (exact) mass is 254 g/mol. The van der Waals surface area contributed by atoms with Gasteiger partial charge in [-0.25, -0.2) is 0 Å². The van der Waals surface area contributed by atoms with Crippen LogP contribution in [0.5, 0.6) is 0 Å². The Morgan fingerprint density at radius 2 is 2.00 bits per heavy atom. The van der Waals surface area contributed by atoms with Crippen LogP contribution in [0.25, 0.3) is 0 Å². The molecule has 2 aliphatic rings. The molecule has 1 aliphatic heterocycles. The zero-order valence-corrected chi connectivity index (χ0v) is 11.2. The van der Waals surface area contributed by atoms with Crippen LogP contribution in [0, 0.1) is 5.92 Å². The lowest BCUT2D eigenvalue weighted by molar-refractivity contribution is -0.123. The fraction of sp³-hybridized carbons (Fsp3) is 0.929. The van der Waals surface area contributed by atoms with Gasteiger partial charge in [-0.05, 0) is 38.3 Å². The number of carbonyl (C=O) groups is 1. The van der Waals surface area contributed by atoms with Crippen LogP contribution in [-0.4, -0.2) is 36.2 Å². The average molecular weight is 254 g/mol. The summed E-state index contributed by atoms with van der Waals surface area (Å²) in [6, 6.07) is 0. The molecule has 2 fully saturated rings. The largest absolute Gasteiger partial charge is 0.388 e. The standard InChI is InChI=1S/C14H26N2O2/c17-13(9-12-5-8-15-10-12)16-11-14(18)6-3-1-2-4-7-14/h12,15,18H,1-11H2,(H,16,17). The molecule has 4 heteroatoms. The van der Waals surface area contributed by atoms with Gasteiger partial charge < -0.3 is 15.7 Å². The molecule has 1 saturated heterocycles. The van der Waals surface area contributed by atoms with E-state index in [1.54, 1.807) is 0 Å². The van der Waals surface area contributed by atoms with Crippen molar-refractivity contribution in [2.24, 2.45) is 5.92 Å². The Balaban J connectivity index is 1.70. The third-order valence-corrected chi connectivity index (χ3v) is 4.29. The Kier molecular flexibility index (Phi) is 5.01. The zero-order valence-electron chi connectivity index (χ0n) is 11.2. The predicted molar refractivity (Wildman–Crippen MR) is 71.3 cm³/mol. The number of hydrogen-bond donors (Lipinski definition) is 3. The zero-order chi connectivity index (χ0) is 12.8. The molecule has 1 unspecified atom stereocenters. The van der Waals surface area contributed by atoms with Crippen molar-refractivity contribution < 1.29 is 9.90 Å². The van der Waals surface area contributed by atoms with Crippen LogP contribution in [0.4, 0.5) is 0 Å². The van der Waals surface area contributed by atoms with E-state index in [1.165, 1.54) is 12.8 Å². The molecule has 18 heavy (non-hydrogen) atoms. The van der Waals surface area contributed by atoms with Gasteiger partial charge in [0.15, 0.2) is 0 Å². The molecule has 0 bridgehead atoms. The summed E-state index contributed by atoms with van der Waals surface area (Å²) in [7, 11) is 0. The molecule has 0 aromatic heterocycles. The molecule has 104 valence electrons. The van der Waals surface area contributed by atoms with Gasteiger partial charge in [-0.2, -0.15) is 0 Å². The van der Waals surface area contributed by atoms with Crippen molar-refractivity contribution in [1.82, 2.24) is 10.6 Å². The molecule has 2 rings (SSSR count). The molecule has 1 aliphatic carbocycles. The lowest BCUT2D eigenvalue weighted by Crippen LogP contribution is -2.43. The Bertz CT molecular complexity index is 267. The fourth-order valence-corrected chi connectivity index (χ4v) is 3.05. The van der Waals surface area contributed by atoms with Crippen LogP contribution in [-0.2, 0) is 4.79 Å². The summed E-state index contributed by atoms with van der Waals surface area (Å²) in [6.45, 7) is 2.42. The number of nitrogens with one attached hydrogen (secondary N) is 2. The number of aliphatic hydroxyl groups is 1. The maximum Gasteiger partial charge on any atom is 0.220 e. The van der Waals surface area contributed by atoms with Gasteiger partial charge in [-0.15, -0.1) is 0 Å². The summed E-state index contributed by atoms with van der Waals surface area (Å²) in [6.07, 6.45) is 7.95. The van der Waals surface area contributed by atoms with Crippen LogP contribution in [0.1, 0.15) is 51.4 Å². The third kappa shape index (κ3) is 4.25. The van der Waals surface area contributed by atoms with E-state index < -0.39 is 5.60 Å². The molecule has 0 aromatic rings. The second kappa shape index (κ2) is 6.53. The van der Waals surface area contributed by atoms with Crippen molar-refractivity contribution in [2.45, 2.75) is 57.0 Å². The first kappa shape index (κ1) is 13.8. The highest BCUT2D eigenvalue weighted by atomic mass is 16.3. The SMILES string of the molecule is O=C(CC1CCNC1)NCC1(O)CCCCCC1. The van der Waals surface area contributed by atoms with Crippen LogP contribution in [0.2, 0.25) is 0 Å². The molecule has 1 heterocycles. The van der Waals surface area contributed by atoms with Gasteiger partial charge in [0.1, 0.15) is 0 Å². The first-order valence-corrected chi connectivity index (χ1v) is 7.38. The van der Waals surface area contributed by atoms with E-state index in [2.05, 4.69) is 10.6 Å². The molecular weight excluding hydrogens is 228 g/mol. The molecule has 1 amide bonds. The first-order chi connectivity index (χ1) is 8.68. The van der Waals surface area contributed by atoms with Gasteiger partial charge in [0.05, 0.1) is 5.60 Å². The summed E-state index contributed by atoms with van der Waals surface area (Å²) in [5, 5.41) is 16.6. The number of hydrogen-bond acceptors (Lipinski definition) is 3. The van der Waals surface area contributed by atoms with E-state index in [4.69, 9.17) is 0 Å². The van der Waals surface area contributed by atoms with E-state index in [9.17, 15) is 9.90 Å². The van der Waals surface area contributed by atoms with Crippen molar-refractivity contribution >= 4 is 5.91 Å². The Morgan fingerprint density at radius 1 is 1.28 bits per heavy atom. The predicted octanol–water partition coefficient (Wildman–Crippen LogP) is 1.19. The molecular formula is C14H26N2O2. The van der Waals surface area contributed by atoms with E-state index in [-0.39, 0.29) is 5.91 Å². The Hall–Kier alpha value is -0.610. The maximum absolute atomic E-state index is 11.8. The molecule has 3 N–H and O–H groups in total. The minimum Gasteiger partial charge on any atom is -0.388 e. The van der Waals surface area contributed by atoms with Gasteiger partial charge in [0.2, 0.25) is 5.91 Å². The van der Waals surface area contributed by atoms with Crippen LogP contribution in [0.3, 0.4) is 0 Å². The molecule has 4 nitrogen and oxygen atoms in total. The van der Waals surface area contributed by atoms with E-state index >= 15 is 0 Å². The smallest absolute Gasteiger partial charge is 0.220 e. The van der Waals surface area contributed by atoms with Gasteiger partial charge in [0.25, 0.3) is 0 Å². The van der Waals surface area contributed by atoms with Crippen molar-refractivity contribution in [1.29, 1.82) is 0 Å². The van der Waals surface area contributed by atoms with Crippen molar-refractivity contribution in [3.63, 3.8) is 0 Å². The molecule has 0 radical (unpaired) electrons. The summed E-state index contributed by atoms with van der Waals surface area (Å²) in [4.78, 5) is 11.8. The van der Waals surface area contributed by atoms with Crippen LogP contribution in [0.15, 0.2) is 0 Å². The maximum atomic E-state index is 11.8. The minimum absolute atomic E-state index is 0.0985. The Morgan fingerprint density at radius 3 is 2.61 bits per heavy atom. The first-order valence-electron chi connectivity index (χ1n) is 7.38. The lowest BCUT2D eigenvalue weighted by Gasteiger charge is -2.27. The summed E-state index contributed by atoms with van der Waals surface area (Å²) in [5.74, 6) is 0.579. The van der Waals surface area contributed by atoms with Crippen LogP contribution >= 0.6 is 0 Å². The summed E-state index contributed by atoms with van der Waals surface area (Å²) >= 11 is 0. The lowest BCUT2D eigenvalue weighted by atomic mass is 9.94. The average Bonchev–Trinajstić information content (AvgIpc) is 2.75. The quantitative estimate of drug-likeness (QED) is 0.660. The normalized spacial score (nSPS) is 27.7. The topological polar surface area (TPSA) is 61.4 Å². The highest BCUT2D eigenvalue weighted by Gasteiger charge is 2.28. The fourth-order valence-electron chi connectivity index (χ4n) is 3.05. The molecule has 0 aromatic carbocycles. The van der Waals surface area contributed by atoms with Gasteiger partial charge in [0, 0.05) is 13.0 Å². The van der Waals surface area contributed by atoms with Crippen molar-refractivity contribution in [3.05, 3.63) is 0 Å². The third-order valence-electron chi connectivity index (χ3n) is 4.29. The highest BCUT2D eigenvalue weighted by molar-refractivity contribution is 5.76. The molecule has 1 saturated carbocycles. The van der Waals surface area contributed by atoms with E-state index in [1.807, 2.05) is 0 Å². The van der Waals surface area contributed by atoms with E-state index in [0.717, 1.165) is 45.2 Å². The van der Waals surface area contributed by atoms with E-state index in [0.29, 0.717) is 18.9 Å². The van der Waals surface area contributed by atoms with Gasteiger partial charge in [-0.1, -0.05) is 25.7 Å². The number of rotatable bonds is 4. The molecule has 0 spiro atoms. The number of amides is 1. The minimum atomic E-state index is -0.653. The van der Waals surface area contributed by atoms with Crippen molar-refractivity contribution in [2.75, 3.05) is 19.6 Å². The van der Waals surface area contributed by atoms with Gasteiger partial charge in [-0.3, -0.25) is 4.79 Å². The van der Waals surface area contributed by atoms with Gasteiger partial charge >= 0.3 is 0 Å².